The van der Waals surface area contributed by atoms with Crippen LogP contribution in [0.3, 0.4) is 0 Å². The van der Waals surface area contributed by atoms with Crippen molar-refractivity contribution in [1.29, 1.82) is 0 Å². The SMILES string of the molecule is Cc1nnc(NC(=O)c2cc(O)ccc2Cl)o1. The number of hydrogen-bond acceptors (Lipinski definition) is 5. The molecule has 0 bridgehead atoms. The maximum atomic E-state index is 11.8. The molecule has 0 aliphatic carbocycles. The summed E-state index contributed by atoms with van der Waals surface area (Å²) in [5.41, 5.74) is 0.127. The van der Waals surface area contributed by atoms with E-state index in [1.54, 1.807) is 6.92 Å². The number of nitrogens with one attached hydrogen (secondary N) is 1. The standard InChI is InChI=1S/C10H8ClN3O3/c1-5-13-14-10(17-5)12-9(16)7-4-6(15)2-3-8(7)11/h2-4,15H,1H3,(H,12,14,16). The van der Waals surface area contributed by atoms with E-state index < -0.39 is 5.91 Å². The largest absolute Gasteiger partial charge is 0.508 e. The highest BCUT2D eigenvalue weighted by molar-refractivity contribution is 6.34. The highest BCUT2D eigenvalue weighted by Gasteiger charge is 2.14. The average Bonchev–Trinajstić information content (AvgIpc) is 2.67. The average molecular weight is 254 g/mol. The molecule has 6 nitrogen and oxygen atoms in total. The number of rotatable bonds is 2. The second-order valence-corrected chi connectivity index (χ2v) is 3.65. The molecule has 17 heavy (non-hydrogen) atoms. The third kappa shape index (κ3) is 2.54. The van der Waals surface area contributed by atoms with Crippen molar-refractivity contribution >= 4 is 23.5 Å². The van der Waals surface area contributed by atoms with Crippen molar-refractivity contribution in [2.45, 2.75) is 6.92 Å². The Labute approximate surface area is 101 Å². The van der Waals surface area contributed by atoms with Gasteiger partial charge in [-0.05, 0) is 18.2 Å². The van der Waals surface area contributed by atoms with Gasteiger partial charge in [-0.1, -0.05) is 16.7 Å². The molecule has 1 heterocycles. The Kier molecular flexibility index (Phi) is 2.97. The van der Waals surface area contributed by atoms with Crippen molar-refractivity contribution in [1.82, 2.24) is 10.2 Å². The lowest BCUT2D eigenvalue weighted by Gasteiger charge is -2.03. The molecule has 0 saturated heterocycles. The molecule has 2 aromatic rings. The summed E-state index contributed by atoms with van der Waals surface area (Å²) in [7, 11) is 0. The van der Waals surface area contributed by atoms with Gasteiger partial charge in [0, 0.05) is 6.92 Å². The lowest BCUT2D eigenvalue weighted by atomic mass is 10.2. The fourth-order valence-electron chi connectivity index (χ4n) is 1.20. The van der Waals surface area contributed by atoms with Crippen LogP contribution in [0.15, 0.2) is 22.6 Å². The zero-order valence-electron chi connectivity index (χ0n) is 8.77. The van der Waals surface area contributed by atoms with Gasteiger partial charge in [0.25, 0.3) is 5.91 Å². The summed E-state index contributed by atoms with van der Waals surface area (Å²) in [6.45, 7) is 1.60. The lowest BCUT2D eigenvalue weighted by Crippen LogP contribution is -2.12. The Hall–Kier alpha value is -2.08. The minimum absolute atomic E-state index is 0.0214. The molecule has 88 valence electrons. The monoisotopic (exact) mass is 253 g/mol. The van der Waals surface area contributed by atoms with Gasteiger partial charge in [0.1, 0.15) is 5.75 Å². The molecule has 0 unspecified atom stereocenters. The first-order chi connectivity index (χ1) is 8.06. The molecule has 0 atom stereocenters. The number of hydrogen-bond donors (Lipinski definition) is 2. The fourth-order valence-corrected chi connectivity index (χ4v) is 1.40. The number of aromatic nitrogens is 2. The van der Waals surface area contributed by atoms with Crippen molar-refractivity contribution in [3.63, 3.8) is 0 Å². The molecule has 1 amide bonds. The topological polar surface area (TPSA) is 88.2 Å². The van der Waals surface area contributed by atoms with E-state index in [1.807, 2.05) is 0 Å². The Morgan fingerprint density at radius 2 is 2.24 bits per heavy atom. The number of halogens is 1. The van der Waals surface area contributed by atoms with Crippen LogP contribution >= 0.6 is 11.6 Å². The normalized spacial score (nSPS) is 10.2. The van der Waals surface area contributed by atoms with Crippen molar-refractivity contribution in [3.05, 3.63) is 34.7 Å². The molecule has 0 spiro atoms. The van der Waals surface area contributed by atoms with Crippen LogP contribution in [0.25, 0.3) is 0 Å². The molecule has 0 radical (unpaired) electrons. The maximum Gasteiger partial charge on any atom is 0.322 e. The predicted molar refractivity (Wildman–Crippen MR) is 60.1 cm³/mol. The number of amides is 1. The lowest BCUT2D eigenvalue weighted by molar-refractivity contribution is 0.102. The van der Waals surface area contributed by atoms with Crippen LogP contribution in [-0.4, -0.2) is 21.2 Å². The van der Waals surface area contributed by atoms with Gasteiger partial charge in [-0.25, -0.2) is 0 Å². The summed E-state index contributed by atoms with van der Waals surface area (Å²) in [4.78, 5) is 11.8. The van der Waals surface area contributed by atoms with Gasteiger partial charge in [-0.3, -0.25) is 10.1 Å². The Morgan fingerprint density at radius 3 is 2.88 bits per heavy atom. The number of phenols is 1. The zero-order chi connectivity index (χ0) is 12.4. The number of nitrogens with zero attached hydrogens (tertiary/aromatic N) is 2. The summed E-state index contributed by atoms with van der Waals surface area (Å²) in [6, 6.07) is 4.04. The van der Waals surface area contributed by atoms with E-state index in [0.29, 0.717) is 5.89 Å². The molecule has 1 aromatic carbocycles. The van der Waals surface area contributed by atoms with E-state index in [-0.39, 0.29) is 22.4 Å². The molecule has 2 N–H and O–H groups in total. The smallest absolute Gasteiger partial charge is 0.322 e. The van der Waals surface area contributed by atoms with Crippen LogP contribution in [0.1, 0.15) is 16.2 Å². The van der Waals surface area contributed by atoms with Crippen LogP contribution in [0, 0.1) is 6.92 Å². The molecule has 0 fully saturated rings. The van der Waals surface area contributed by atoms with E-state index in [4.69, 9.17) is 16.0 Å². The van der Waals surface area contributed by atoms with Crippen LogP contribution in [0.4, 0.5) is 6.01 Å². The van der Waals surface area contributed by atoms with E-state index in [9.17, 15) is 9.90 Å². The molecule has 0 saturated carbocycles. The first-order valence-corrected chi connectivity index (χ1v) is 5.04. The predicted octanol–water partition coefficient (Wildman–Crippen LogP) is 1.99. The number of aryl methyl sites for hydroxylation is 1. The molecular formula is C10H8ClN3O3. The van der Waals surface area contributed by atoms with Gasteiger partial charge < -0.3 is 9.52 Å². The van der Waals surface area contributed by atoms with Gasteiger partial charge in [-0.2, -0.15) is 0 Å². The highest BCUT2D eigenvalue weighted by atomic mass is 35.5. The Morgan fingerprint density at radius 1 is 1.47 bits per heavy atom. The summed E-state index contributed by atoms with van der Waals surface area (Å²) < 4.78 is 4.99. The second-order valence-electron chi connectivity index (χ2n) is 3.24. The van der Waals surface area contributed by atoms with Crippen LogP contribution in [-0.2, 0) is 0 Å². The van der Waals surface area contributed by atoms with Gasteiger partial charge in [0.2, 0.25) is 5.89 Å². The van der Waals surface area contributed by atoms with E-state index >= 15 is 0 Å². The molecular weight excluding hydrogens is 246 g/mol. The number of carbonyl (C=O) groups excluding carboxylic acids is 1. The van der Waals surface area contributed by atoms with Gasteiger partial charge in [0.15, 0.2) is 0 Å². The summed E-state index contributed by atoms with van der Waals surface area (Å²) >= 11 is 5.82. The van der Waals surface area contributed by atoms with E-state index in [2.05, 4.69) is 15.5 Å². The number of phenolic OH excluding ortho intramolecular Hbond substituents is 1. The highest BCUT2D eigenvalue weighted by Crippen LogP contribution is 2.22. The fraction of sp³-hybridized carbons (Fsp3) is 0.100. The number of anilines is 1. The van der Waals surface area contributed by atoms with Crippen molar-refractivity contribution in [2.75, 3.05) is 5.32 Å². The minimum Gasteiger partial charge on any atom is -0.508 e. The number of benzene rings is 1. The summed E-state index contributed by atoms with van der Waals surface area (Å²) in [5, 5.41) is 19.0. The van der Waals surface area contributed by atoms with Crippen molar-refractivity contribution < 1.29 is 14.3 Å². The van der Waals surface area contributed by atoms with Crippen molar-refractivity contribution in [2.24, 2.45) is 0 Å². The second kappa shape index (κ2) is 4.42. The van der Waals surface area contributed by atoms with E-state index in [1.165, 1.54) is 18.2 Å². The number of aromatic hydroxyl groups is 1. The van der Waals surface area contributed by atoms with Crippen LogP contribution in [0.2, 0.25) is 5.02 Å². The maximum absolute atomic E-state index is 11.8. The Bertz CT molecular complexity index is 568. The third-order valence-corrected chi connectivity index (χ3v) is 2.27. The minimum atomic E-state index is -0.533. The van der Waals surface area contributed by atoms with Gasteiger partial charge >= 0.3 is 6.01 Å². The summed E-state index contributed by atoms with van der Waals surface area (Å²) in [5.74, 6) is -0.252. The van der Waals surface area contributed by atoms with Gasteiger partial charge in [-0.15, -0.1) is 5.10 Å². The van der Waals surface area contributed by atoms with Crippen molar-refractivity contribution in [3.8, 4) is 5.75 Å². The first-order valence-electron chi connectivity index (χ1n) is 4.66. The molecule has 0 aliphatic rings. The first kappa shape index (κ1) is 11.4. The quantitative estimate of drug-likeness (QED) is 0.854. The Balaban J connectivity index is 2.22. The summed E-state index contributed by atoms with van der Waals surface area (Å²) in [6.07, 6.45) is 0. The van der Waals surface area contributed by atoms with Crippen LogP contribution < -0.4 is 5.32 Å². The molecule has 2 rings (SSSR count). The third-order valence-electron chi connectivity index (χ3n) is 1.94. The number of carbonyl (C=O) groups is 1. The molecule has 7 heteroatoms. The van der Waals surface area contributed by atoms with Crippen LogP contribution in [0.5, 0.6) is 5.75 Å². The van der Waals surface area contributed by atoms with E-state index in [0.717, 1.165) is 0 Å². The van der Waals surface area contributed by atoms with Gasteiger partial charge in [0.05, 0.1) is 10.6 Å². The molecule has 0 aliphatic heterocycles. The zero-order valence-corrected chi connectivity index (χ0v) is 9.52. The molecule has 1 aromatic heterocycles.